The van der Waals surface area contributed by atoms with Gasteiger partial charge >= 0.3 is 0 Å². The Morgan fingerprint density at radius 1 is 1.15 bits per heavy atom. The molecular weight excluding hydrogens is 162 g/mol. The number of hydrogen-bond acceptors (Lipinski definition) is 2. The minimum absolute atomic E-state index is 1.08. The average Bonchev–Trinajstić information content (AvgIpc) is 2.52. The topological polar surface area (TPSA) is 41.6 Å². The summed E-state index contributed by atoms with van der Waals surface area (Å²) in [6.07, 6.45) is 5.50. The molecule has 1 N–H and O–H groups in total. The molecule has 13 heavy (non-hydrogen) atoms. The maximum absolute atomic E-state index is 4.10. The molecule has 0 aliphatic carbocycles. The van der Waals surface area contributed by atoms with Gasteiger partial charge in [0.15, 0.2) is 0 Å². The minimum Gasteiger partial charge on any atom is -0.282 e. The van der Waals surface area contributed by atoms with Crippen LogP contribution in [0.15, 0.2) is 24.7 Å². The highest BCUT2D eigenvalue weighted by Gasteiger charge is 2.05. The van der Waals surface area contributed by atoms with Crippen LogP contribution in [0.4, 0.5) is 0 Å². The van der Waals surface area contributed by atoms with Crippen molar-refractivity contribution in [3.05, 3.63) is 35.9 Å². The van der Waals surface area contributed by atoms with Gasteiger partial charge in [0, 0.05) is 29.2 Å². The second kappa shape index (κ2) is 3.01. The first-order valence-corrected chi connectivity index (χ1v) is 4.20. The van der Waals surface area contributed by atoms with Crippen LogP contribution in [0.2, 0.25) is 0 Å². The van der Waals surface area contributed by atoms with Crippen molar-refractivity contribution in [2.24, 2.45) is 0 Å². The third-order valence-electron chi connectivity index (χ3n) is 2.16. The van der Waals surface area contributed by atoms with E-state index >= 15 is 0 Å². The molecule has 0 radical (unpaired) electrons. The highest BCUT2D eigenvalue weighted by molar-refractivity contribution is 5.67. The van der Waals surface area contributed by atoms with Crippen molar-refractivity contribution in [3.63, 3.8) is 0 Å². The molecule has 0 saturated heterocycles. The summed E-state index contributed by atoms with van der Waals surface area (Å²) in [6.45, 7) is 4.08. The molecular formula is C10H11N3. The van der Waals surface area contributed by atoms with Crippen LogP contribution in [0.3, 0.4) is 0 Å². The fourth-order valence-corrected chi connectivity index (χ4v) is 1.37. The maximum Gasteiger partial charge on any atom is 0.0569 e. The molecule has 0 unspecified atom stereocenters. The number of rotatable bonds is 1. The van der Waals surface area contributed by atoms with Crippen molar-refractivity contribution in [1.29, 1.82) is 0 Å². The lowest BCUT2D eigenvalue weighted by atomic mass is 10.0. The molecule has 0 aliphatic rings. The van der Waals surface area contributed by atoms with Crippen LogP contribution in [-0.2, 0) is 0 Å². The van der Waals surface area contributed by atoms with E-state index in [1.807, 2.05) is 25.4 Å². The first-order chi connectivity index (χ1) is 6.29. The van der Waals surface area contributed by atoms with Crippen molar-refractivity contribution in [3.8, 4) is 11.1 Å². The van der Waals surface area contributed by atoms with Crippen molar-refractivity contribution >= 4 is 0 Å². The summed E-state index contributed by atoms with van der Waals surface area (Å²) in [5.41, 5.74) is 4.58. The van der Waals surface area contributed by atoms with E-state index in [9.17, 15) is 0 Å². The summed E-state index contributed by atoms with van der Waals surface area (Å²) in [5, 5.41) is 6.90. The maximum atomic E-state index is 4.10. The molecule has 0 aliphatic heterocycles. The fourth-order valence-electron chi connectivity index (χ4n) is 1.37. The normalized spacial score (nSPS) is 10.3. The molecule has 0 atom stereocenters. The lowest BCUT2D eigenvalue weighted by Gasteiger charge is -2.01. The van der Waals surface area contributed by atoms with E-state index in [-0.39, 0.29) is 0 Å². The van der Waals surface area contributed by atoms with Crippen LogP contribution < -0.4 is 0 Å². The van der Waals surface area contributed by atoms with E-state index in [0.717, 1.165) is 16.8 Å². The Kier molecular flexibility index (Phi) is 1.85. The first kappa shape index (κ1) is 7.98. The van der Waals surface area contributed by atoms with Gasteiger partial charge < -0.3 is 0 Å². The zero-order valence-corrected chi connectivity index (χ0v) is 7.70. The molecule has 0 spiro atoms. The van der Waals surface area contributed by atoms with Gasteiger partial charge in [-0.2, -0.15) is 5.10 Å². The Hall–Kier alpha value is -1.64. The summed E-state index contributed by atoms with van der Waals surface area (Å²) in [6, 6.07) is 2.00. The predicted molar refractivity (Wildman–Crippen MR) is 51.3 cm³/mol. The molecule has 2 aromatic rings. The Bertz CT molecular complexity index is 418. The van der Waals surface area contributed by atoms with Crippen LogP contribution in [0.5, 0.6) is 0 Å². The second-order valence-electron chi connectivity index (χ2n) is 3.10. The molecule has 0 aromatic carbocycles. The third kappa shape index (κ3) is 1.33. The van der Waals surface area contributed by atoms with Crippen LogP contribution in [0.1, 0.15) is 11.3 Å². The van der Waals surface area contributed by atoms with Gasteiger partial charge in [0.05, 0.1) is 6.20 Å². The third-order valence-corrected chi connectivity index (χ3v) is 2.16. The zero-order valence-electron chi connectivity index (χ0n) is 7.70. The Morgan fingerprint density at radius 3 is 2.62 bits per heavy atom. The van der Waals surface area contributed by atoms with Gasteiger partial charge in [-0.3, -0.25) is 10.1 Å². The molecule has 3 heteroatoms. The van der Waals surface area contributed by atoms with E-state index in [1.54, 1.807) is 6.20 Å². The fraction of sp³-hybridized carbons (Fsp3) is 0.200. The molecule has 0 bridgehead atoms. The smallest absolute Gasteiger partial charge is 0.0569 e. The SMILES string of the molecule is Cc1ccncc1-c1cn[nH]c1C. The van der Waals surface area contributed by atoms with Gasteiger partial charge in [-0.25, -0.2) is 0 Å². The summed E-state index contributed by atoms with van der Waals surface area (Å²) in [4.78, 5) is 4.10. The number of nitrogens with one attached hydrogen (secondary N) is 1. The van der Waals surface area contributed by atoms with Gasteiger partial charge in [-0.15, -0.1) is 0 Å². The molecule has 66 valence electrons. The molecule has 0 saturated carbocycles. The number of aromatic amines is 1. The lowest BCUT2D eigenvalue weighted by Crippen LogP contribution is -1.84. The standard InChI is InChI=1S/C10H11N3/c1-7-3-4-11-5-9(7)10-6-12-13-8(10)2/h3-6H,1-2H3,(H,12,13). The number of aryl methyl sites for hydroxylation is 2. The van der Waals surface area contributed by atoms with E-state index in [0.29, 0.717) is 0 Å². The number of nitrogens with zero attached hydrogens (tertiary/aromatic N) is 2. The Balaban J connectivity index is 2.59. The number of pyridine rings is 1. The highest BCUT2D eigenvalue weighted by Crippen LogP contribution is 2.23. The second-order valence-corrected chi connectivity index (χ2v) is 3.10. The van der Waals surface area contributed by atoms with Crippen molar-refractivity contribution in [2.75, 3.05) is 0 Å². The largest absolute Gasteiger partial charge is 0.282 e. The van der Waals surface area contributed by atoms with Crippen LogP contribution in [-0.4, -0.2) is 15.2 Å². The van der Waals surface area contributed by atoms with Crippen molar-refractivity contribution < 1.29 is 0 Å². The van der Waals surface area contributed by atoms with Gasteiger partial charge in [0.25, 0.3) is 0 Å². The van der Waals surface area contributed by atoms with Gasteiger partial charge in [0.1, 0.15) is 0 Å². The first-order valence-electron chi connectivity index (χ1n) is 4.20. The predicted octanol–water partition coefficient (Wildman–Crippen LogP) is 2.09. The summed E-state index contributed by atoms with van der Waals surface area (Å²) < 4.78 is 0. The monoisotopic (exact) mass is 173 g/mol. The molecule has 2 rings (SSSR count). The molecule has 2 heterocycles. The zero-order chi connectivity index (χ0) is 9.26. The summed E-state index contributed by atoms with van der Waals surface area (Å²) in [5.74, 6) is 0. The van der Waals surface area contributed by atoms with E-state index in [4.69, 9.17) is 0 Å². The summed E-state index contributed by atoms with van der Waals surface area (Å²) in [7, 11) is 0. The van der Waals surface area contributed by atoms with Crippen molar-refractivity contribution in [1.82, 2.24) is 15.2 Å². The van der Waals surface area contributed by atoms with E-state index < -0.39 is 0 Å². The number of aromatic nitrogens is 3. The Morgan fingerprint density at radius 2 is 2.00 bits per heavy atom. The number of H-pyrrole nitrogens is 1. The quantitative estimate of drug-likeness (QED) is 0.717. The van der Waals surface area contributed by atoms with Crippen LogP contribution in [0.25, 0.3) is 11.1 Å². The highest BCUT2D eigenvalue weighted by atomic mass is 15.1. The van der Waals surface area contributed by atoms with E-state index in [2.05, 4.69) is 22.1 Å². The number of hydrogen-bond donors (Lipinski definition) is 1. The van der Waals surface area contributed by atoms with E-state index in [1.165, 1.54) is 5.56 Å². The average molecular weight is 173 g/mol. The van der Waals surface area contributed by atoms with Gasteiger partial charge in [-0.05, 0) is 25.5 Å². The molecule has 0 fully saturated rings. The van der Waals surface area contributed by atoms with Crippen LogP contribution in [0, 0.1) is 13.8 Å². The summed E-state index contributed by atoms with van der Waals surface area (Å²) >= 11 is 0. The molecule has 0 amide bonds. The molecule has 2 aromatic heterocycles. The van der Waals surface area contributed by atoms with Gasteiger partial charge in [-0.1, -0.05) is 0 Å². The minimum atomic E-state index is 1.08. The Labute approximate surface area is 76.8 Å². The lowest BCUT2D eigenvalue weighted by molar-refractivity contribution is 1.05. The van der Waals surface area contributed by atoms with Crippen LogP contribution >= 0.6 is 0 Å². The van der Waals surface area contributed by atoms with Crippen molar-refractivity contribution in [2.45, 2.75) is 13.8 Å². The molecule has 3 nitrogen and oxygen atoms in total. The van der Waals surface area contributed by atoms with Gasteiger partial charge in [0.2, 0.25) is 0 Å².